The Hall–Kier alpha value is -2.80. The summed E-state index contributed by atoms with van der Waals surface area (Å²) < 4.78 is 5.09. The molecule has 0 spiro atoms. The van der Waals surface area contributed by atoms with Crippen molar-refractivity contribution < 1.29 is 9.53 Å². The summed E-state index contributed by atoms with van der Waals surface area (Å²) in [5, 5.41) is 6.03. The third kappa shape index (κ3) is 4.78. The van der Waals surface area contributed by atoms with Crippen LogP contribution in [0.25, 0.3) is 0 Å². The number of amidine groups is 1. The van der Waals surface area contributed by atoms with Gasteiger partial charge < -0.3 is 9.64 Å². The Labute approximate surface area is 200 Å². The summed E-state index contributed by atoms with van der Waals surface area (Å²) in [6, 6.07) is 14.8. The zero-order valence-electron chi connectivity index (χ0n) is 20.3. The highest BCUT2D eigenvalue weighted by Crippen LogP contribution is 2.37. The standard InChI is InChI=1S/C26H32N4O2S/c1-17(2)27-24(20-9-7-11-21(16-20)32-6)30-14-8-10-18-15-19(12-13-22(18)30)23-26(3,4)33-25(31)29(5)28-23/h7,9,11-13,15-17H,8,10,14H2,1-6H3. The van der Waals surface area contributed by atoms with Crippen LogP contribution in [0.3, 0.4) is 0 Å². The number of aliphatic imine (C=N–C) groups is 1. The zero-order chi connectivity index (χ0) is 23.8. The van der Waals surface area contributed by atoms with E-state index in [0.29, 0.717) is 0 Å². The predicted molar refractivity (Wildman–Crippen MR) is 138 cm³/mol. The maximum absolute atomic E-state index is 12.2. The van der Waals surface area contributed by atoms with Gasteiger partial charge in [0.2, 0.25) is 0 Å². The number of ether oxygens (including phenoxy) is 1. The van der Waals surface area contributed by atoms with E-state index in [4.69, 9.17) is 9.73 Å². The number of thioether (sulfide) groups is 1. The Morgan fingerprint density at radius 3 is 2.73 bits per heavy atom. The Bertz CT molecular complexity index is 1120. The normalized spacial score (nSPS) is 18.3. The smallest absolute Gasteiger partial charge is 0.302 e. The van der Waals surface area contributed by atoms with Gasteiger partial charge in [0, 0.05) is 30.9 Å². The molecule has 2 aliphatic heterocycles. The molecule has 6 nitrogen and oxygen atoms in total. The van der Waals surface area contributed by atoms with Crippen LogP contribution in [-0.2, 0) is 6.42 Å². The summed E-state index contributed by atoms with van der Waals surface area (Å²) in [4.78, 5) is 19.5. The number of carbonyl (C=O) groups excluding carboxylic acids is 1. The van der Waals surface area contributed by atoms with Gasteiger partial charge in [0.15, 0.2) is 0 Å². The molecule has 33 heavy (non-hydrogen) atoms. The van der Waals surface area contributed by atoms with Crippen molar-refractivity contribution in [1.29, 1.82) is 0 Å². The first-order valence-corrected chi connectivity index (χ1v) is 12.2. The van der Waals surface area contributed by atoms with E-state index in [1.165, 1.54) is 28.0 Å². The Kier molecular flexibility index (Phi) is 6.52. The van der Waals surface area contributed by atoms with Crippen molar-refractivity contribution in [1.82, 2.24) is 5.01 Å². The molecular weight excluding hydrogens is 432 g/mol. The van der Waals surface area contributed by atoms with Gasteiger partial charge in [-0.3, -0.25) is 9.79 Å². The summed E-state index contributed by atoms with van der Waals surface area (Å²) in [5.41, 5.74) is 5.50. The molecule has 0 atom stereocenters. The highest BCUT2D eigenvalue weighted by atomic mass is 32.2. The van der Waals surface area contributed by atoms with E-state index in [9.17, 15) is 4.79 Å². The van der Waals surface area contributed by atoms with Crippen molar-refractivity contribution in [2.45, 2.75) is 51.3 Å². The molecule has 2 aromatic carbocycles. The molecule has 0 aliphatic carbocycles. The van der Waals surface area contributed by atoms with Gasteiger partial charge in [0.05, 0.1) is 17.6 Å². The molecule has 0 aromatic heterocycles. The van der Waals surface area contributed by atoms with E-state index in [1.807, 2.05) is 18.2 Å². The van der Waals surface area contributed by atoms with Crippen LogP contribution in [0.4, 0.5) is 10.5 Å². The first kappa shape index (κ1) is 23.4. The molecule has 1 amide bonds. The van der Waals surface area contributed by atoms with Crippen LogP contribution >= 0.6 is 11.8 Å². The monoisotopic (exact) mass is 464 g/mol. The minimum Gasteiger partial charge on any atom is -0.497 e. The first-order valence-electron chi connectivity index (χ1n) is 11.4. The second-order valence-electron chi connectivity index (χ2n) is 9.23. The highest BCUT2D eigenvalue weighted by Gasteiger charge is 2.37. The van der Waals surface area contributed by atoms with Gasteiger partial charge in [-0.2, -0.15) is 5.10 Å². The minimum absolute atomic E-state index is 0.0271. The number of nitrogens with zero attached hydrogens (tertiary/aromatic N) is 4. The minimum atomic E-state index is -0.378. The Morgan fingerprint density at radius 2 is 2.00 bits per heavy atom. The number of anilines is 1. The number of aryl methyl sites for hydroxylation is 1. The van der Waals surface area contributed by atoms with Gasteiger partial charge in [0.25, 0.3) is 0 Å². The van der Waals surface area contributed by atoms with Gasteiger partial charge in [-0.1, -0.05) is 30.0 Å². The van der Waals surface area contributed by atoms with Gasteiger partial charge in [-0.05, 0) is 75.9 Å². The van der Waals surface area contributed by atoms with Crippen molar-refractivity contribution in [3.63, 3.8) is 0 Å². The largest absolute Gasteiger partial charge is 0.497 e. The van der Waals surface area contributed by atoms with Crippen LogP contribution in [0.2, 0.25) is 0 Å². The van der Waals surface area contributed by atoms with Crippen LogP contribution in [0, 0.1) is 0 Å². The number of hydrogen-bond acceptors (Lipinski definition) is 5. The van der Waals surface area contributed by atoms with E-state index >= 15 is 0 Å². The van der Waals surface area contributed by atoms with Crippen LogP contribution in [0.1, 0.15) is 50.8 Å². The van der Waals surface area contributed by atoms with Crippen molar-refractivity contribution in [2.75, 3.05) is 25.6 Å². The summed E-state index contributed by atoms with van der Waals surface area (Å²) in [6.45, 7) is 9.24. The first-order chi connectivity index (χ1) is 15.7. The summed E-state index contributed by atoms with van der Waals surface area (Å²) in [7, 11) is 3.41. The fourth-order valence-electron chi connectivity index (χ4n) is 4.32. The number of methoxy groups -OCH3 is 1. The summed E-state index contributed by atoms with van der Waals surface area (Å²) in [6.07, 6.45) is 2.04. The number of hydrogen-bond donors (Lipinski definition) is 0. The maximum Gasteiger partial charge on any atom is 0.302 e. The number of fused-ring (bicyclic) bond motifs is 1. The molecule has 2 heterocycles. The lowest BCUT2D eigenvalue weighted by molar-refractivity contribution is 0.234. The SMILES string of the molecule is COc1cccc(C(=NC(C)C)N2CCCc3cc(C4=NN(C)C(=O)SC4(C)C)ccc32)c1. The van der Waals surface area contributed by atoms with E-state index in [2.05, 4.69) is 62.0 Å². The van der Waals surface area contributed by atoms with Crippen LogP contribution in [0.15, 0.2) is 52.6 Å². The molecule has 0 N–H and O–H groups in total. The fraction of sp³-hybridized carbons (Fsp3) is 0.423. The van der Waals surface area contributed by atoms with Crippen molar-refractivity contribution in [3.8, 4) is 5.75 Å². The molecule has 4 rings (SSSR count). The molecule has 0 saturated carbocycles. The molecule has 7 heteroatoms. The molecule has 174 valence electrons. The molecule has 0 unspecified atom stereocenters. The zero-order valence-corrected chi connectivity index (χ0v) is 21.1. The second kappa shape index (κ2) is 9.21. The third-order valence-corrected chi connectivity index (χ3v) is 7.01. The molecule has 2 aromatic rings. The van der Waals surface area contributed by atoms with Crippen LogP contribution in [0.5, 0.6) is 5.75 Å². The molecule has 0 bridgehead atoms. The number of benzene rings is 2. The number of amides is 1. The maximum atomic E-state index is 12.2. The van der Waals surface area contributed by atoms with Gasteiger partial charge in [0.1, 0.15) is 11.6 Å². The van der Waals surface area contributed by atoms with E-state index in [1.54, 1.807) is 14.2 Å². The van der Waals surface area contributed by atoms with E-state index in [-0.39, 0.29) is 16.0 Å². The molecule has 2 aliphatic rings. The number of hydrazone groups is 1. The average Bonchev–Trinajstić information content (AvgIpc) is 2.79. The average molecular weight is 465 g/mol. The fourth-order valence-corrected chi connectivity index (χ4v) is 5.19. The van der Waals surface area contributed by atoms with E-state index in [0.717, 1.165) is 47.8 Å². The Morgan fingerprint density at radius 1 is 1.21 bits per heavy atom. The van der Waals surface area contributed by atoms with Gasteiger partial charge in [-0.25, -0.2) is 5.01 Å². The lowest BCUT2D eigenvalue weighted by Crippen LogP contribution is -2.40. The third-order valence-electron chi connectivity index (χ3n) is 5.86. The highest BCUT2D eigenvalue weighted by molar-refractivity contribution is 8.15. The number of carbonyl (C=O) groups is 1. The lowest BCUT2D eigenvalue weighted by Gasteiger charge is -2.35. The topological polar surface area (TPSA) is 57.5 Å². The Balaban J connectivity index is 1.76. The summed E-state index contributed by atoms with van der Waals surface area (Å²) in [5.74, 6) is 1.79. The molecule has 0 radical (unpaired) electrons. The van der Waals surface area contributed by atoms with Crippen molar-refractivity contribution >= 4 is 34.2 Å². The van der Waals surface area contributed by atoms with Gasteiger partial charge >= 0.3 is 5.24 Å². The van der Waals surface area contributed by atoms with Crippen LogP contribution < -0.4 is 9.64 Å². The lowest BCUT2D eigenvalue weighted by atomic mass is 9.93. The molecule has 0 fully saturated rings. The number of rotatable bonds is 4. The van der Waals surface area contributed by atoms with Crippen molar-refractivity contribution in [2.24, 2.45) is 10.1 Å². The van der Waals surface area contributed by atoms with E-state index < -0.39 is 0 Å². The van der Waals surface area contributed by atoms with Gasteiger partial charge in [-0.15, -0.1) is 0 Å². The quantitative estimate of drug-likeness (QED) is 0.438. The molecular formula is C26H32N4O2S. The predicted octanol–water partition coefficient (Wildman–Crippen LogP) is 5.58. The second-order valence-corrected chi connectivity index (χ2v) is 10.8. The van der Waals surface area contributed by atoms with Crippen LogP contribution in [-0.4, -0.2) is 53.3 Å². The van der Waals surface area contributed by atoms with Crippen molar-refractivity contribution in [3.05, 3.63) is 59.2 Å². The summed E-state index contributed by atoms with van der Waals surface area (Å²) >= 11 is 1.32. The molecule has 0 saturated heterocycles.